The Kier molecular flexibility index (Phi) is 7.21. The summed E-state index contributed by atoms with van der Waals surface area (Å²) in [4.78, 5) is 10.3. The number of aliphatic carboxylic acids is 1. The fraction of sp³-hybridized carbons (Fsp3) is 0.923. The Balaban J connectivity index is 1.97. The van der Waals surface area contributed by atoms with Crippen LogP contribution >= 0.6 is 0 Å². The average molecular weight is 244 g/mol. The second-order valence-corrected chi connectivity index (χ2v) is 4.72. The van der Waals surface area contributed by atoms with Gasteiger partial charge < -0.3 is 14.6 Å². The zero-order chi connectivity index (χ0) is 12.5. The van der Waals surface area contributed by atoms with E-state index in [2.05, 4.69) is 0 Å². The molecule has 0 aliphatic heterocycles. The Morgan fingerprint density at radius 1 is 1.24 bits per heavy atom. The van der Waals surface area contributed by atoms with E-state index >= 15 is 0 Å². The lowest BCUT2D eigenvalue weighted by molar-refractivity contribution is -0.137. The Morgan fingerprint density at radius 2 is 2.00 bits per heavy atom. The summed E-state index contributed by atoms with van der Waals surface area (Å²) < 4.78 is 11.1. The summed E-state index contributed by atoms with van der Waals surface area (Å²) in [5.41, 5.74) is 0. The fourth-order valence-corrected chi connectivity index (χ4v) is 2.27. The third-order valence-corrected chi connectivity index (χ3v) is 3.30. The smallest absolute Gasteiger partial charge is 0.303 e. The first-order chi connectivity index (χ1) is 8.22. The summed E-state index contributed by atoms with van der Waals surface area (Å²) >= 11 is 0. The SMILES string of the molecule is COC1CCCC(OCCCCCC(=O)O)C1. The average Bonchev–Trinajstić information content (AvgIpc) is 2.33. The van der Waals surface area contributed by atoms with Gasteiger partial charge in [-0.3, -0.25) is 4.79 Å². The second kappa shape index (κ2) is 8.48. The number of methoxy groups -OCH3 is 1. The zero-order valence-corrected chi connectivity index (χ0v) is 10.7. The Morgan fingerprint density at radius 3 is 2.71 bits per heavy atom. The molecule has 1 aliphatic carbocycles. The molecular weight excluding hydrogens is 220 g/mol. The van der Waals surface area contributed by atoms with E-state index < -0.39 is 5.97 Å². The van der Waals surface area contributed by atoms with E-state index in [0.717, 1.165) is 45.1 Å². The van der Waals surface area contributed by atoms with Gasteiger partial charge in [0.05, 0.1) is 12.2 Å². The van der Waals surface area contributed by atoms with E-state index in [1.54, 1.807) is 7.11 Å². The molecule has 0 aromatic heterocycles. The van der Waals surface area contributed by atoms with Crippen LogP contribution in [-0.4, -0.2) is 37.0 Å². The van der Waals surface area contributed by atoms with E-state index in [9.17, 15) is 4.79 Å². The van der Waals surface area contributed by atoms with Crippen molar-refractivity contribution in [1.82, 2.24) is 0 Å². The summed E-state index contributed by atoms with van der Waals surface area (Å²) in [6, 6.07) is 0. The van der Waals surface area contributed by atoms with Crippen molar-refractivity contribution in [2.75, 3.05) is 13.7 Å². The van der Waals surface area contributed by atoms with Crippen LogP contribution in [0.2, 0.25) is 0 Å². The minimum absolute atomic E-state index is 0.273. The van der Waals surface area contributed by atoms with Crippen LogP contribution in [0, 0.1) is 0 Å². The number of rotatable bonds is 8. The Hall–Kier alpha value is -0.610. The van der Waals surface area contributed by atoms with Gasteiger partial charge in [-0.1, -0.05) is 6.42 Å². The molecule has 0 heterocycles. The lowest BCUT2D eigenvalue weighted by atomic mass is 9.95. The maximum absolute atomic E-state index is 10.3. The highest BCUT2D eigenvalue weighted by atomic mass is 16.5. The molecule has 0 aromatic rings. The van der Waals surface area contributed by atoms with E-state index in [4.69, 9.17) is 14.6 Å². The molecule has 1 aliphatic rings. The molecule has 0 radical (unpaired) electrons. The van der Waals surface area contributed by atoms with Crippen LogP contribution in [0.1, 0.15) is 51.4 Å². The molecule has 1 fully saturated rings. The van der Waals surface area contributed by atoms with Gasteiger partial charge in [0, 0.05) is 20.1 Å². The molecular formula is C13H24O4. The van der Waals surface area contributed by atoms with Crippen LogP contribution in [0.3, 0.4) is 0 Å². The van der Waals surface area contributed by atoms with Crippen molar-refractivity contribution in [3.8, 4) is 0 Å². The Labute approximate surface area is 103 Å². The minimum atomic E-state index is -0.707. The number of hydrogen-bond donors (Lipinski definition) is 1. The lowest BCUT2D eigenvalue weighted by Gasteiger charge is -2.28. The van der Waals surface area contributed by atoms with Crippen molar-refractivity contribution in [2.45, 2.75) is 63.6 Å². The number of unbranched alkanes of at least 4 members (excludes halogenated alkanes) is 2. The molecule has 0 amide bonds. The van der Waals surface area contributed by atoms with Crippen LogP contribution in [-0.2, 0) is 14.3 Å². The summed E-state index contributed by atoms with van der Waals surface area (Å²) in [6.45, 7) is 0.751. The number of hydrogen-bond acceptors (Lipinski definition) is 3. The van der Waals surface area contributed by atoms with E-state index in [-0.39, 0.29) is 6.42 Å². The molecule has 0 saturated heterocycles. The van der Waals surface area contributed by atoms with Crippen LogP contribution in [0.25, 0.3) is 0 Å². The van der Waals surface area contributed by atoms with Crippen molar-refractivity contribution in [3.63, 3.8) is 0 Å². The van der Waals surface area contributed by atoms with Crippen LogP contribution in [0.15, 0.2) is 0 Å². The normalized spacial score (nSPS) is 24.8. The predicted octanol–water partition coefficient (Wildman–Crippen LogP) is 2.61. The van der Waals surface area contributed by atoms with Gasteiger partial charge in [0.1, 0.15) is 0 Å². The van der Waals surface area contributed by atoms with Gasteiger partial charge in [0.25, 0.3) is 0 Å². The third kappa shape index (κ3) is 6.64. The molecule has 0 aromatic carbocycles. The predicted molar refractivity (Wildman–Crippen MR) is 65.1 cm³/mol. The lowest BCUT2D eigenvalue weighted by Crippen LogP contribution is -2.27. The van der Waals surface area contributed by atoms with E-state index in [1.807, 2.05) is 0 Å². The number of carboxylic acids is 1. The molecule has 4 heteroatoms. The maximum Gasteiger partial charge on any atom is 0.303 e. The van der Waals surface area contributed by atoms with Gasteiger partial charge in [0.15, 0.2) is 0 Å². The van der Waals surface area contributed by atoms with Gasteiger partial charge in [0.2, 0.25) is 0 Å². The van der Waals surface area contributed by atoms with Crippen molar-refractivity contribution >= 4 is 5.97 Å². The van der Waals surface area contributed by atoms with Gasteiger partial charge in [-0.05, 0) is 38.5 Å². The first-order valence-electron chi connectivity index (χ1n) is 6.58. The molecule has 4 nitrogen and oxygen atoms in total. The highest BCUT2D eigenvalue weighted by Gasteiger charge is 2.21. The maximum atomic E-state index is 10.3. The molecule has 0 spiro atoms. The number of carboxylic acid groups (broad SMARTS) is 1. The van der Waals surface area contributed by atoms with Crippen LogP contribution in [0.4, 0.5) is 0 Å². The zero-order valence-electron chi connectivity index (χ0n) is 10.7. The van der Waals surface area contributed by atoms with Gasteiger partial charge in [-0.2, -0.15) is 0 Å². The largest absolute Gasteiger partial charge is 0.481 e. The van der Waals surface area contributed by atoms with Gasteiger partial charge in [-0.15, -0.1) is 0 Å². The first-order valence-corrected chi connectivity index (χ1v) is 6.58. The van der Waals surface area contributed by atoms with Crippen LogP contribution in [0.5, 0.6) is 0 Å². The highest BCUT2D eigenvalue weighted by Crippen LogP contribution is 2.23. The highest BCUT2D eigenvalue weighted by molar-refractivity contribution is 5.66. The molecule has 2 atom stereocenters. The first kappa shape index (κ1) is 14.5. The monoisotopic (exact) mass is 244 g/mol. The summed E-state index contributed by atoms with van der Waals surface area (Å²) in [5, 5.41) is 8.49. The fourth-order valence-electron chi connectivity index (χ4n) is 2.27. The Bertz CT molecular complexity index is 217. The summed E-state index contributed by atoms with van der Waals surface area (Å²) in [6.07, 6.45) is 8.10. The molecule has 1 saturated carbocycles. The van der Waals surface area contributed by atoms with E-state index in [1.165, 1.54) is 6.42 Å². The van der Waals surface area contributed by atoms with Crippen molar-refractivity contribution in [2.24, 2.45) is 0 Å². The van der Waals surface area contributed by atoms with Crippen LogP contribution < -0.4 is 0 Å². The van der Waals surface area contributed by atoms with Gasteiger partial charge >= 0.3 is 5.97 Å². The number of carbonyl (C=O) groups is 1. The molecule has 17 heavy (non-hydrogen) atoms. The van der Waals surface area contributed by atoms with E-state index in [0.29, 0.717) is 12.2 Å². The molecule has 2 unspecified atom stereocenters. The quantitative estimate of drug-likeness (QED) is 0.667. The molecule has 0 bridgehead atoms. The summed E-state index contributed by atoms with van der Waals surface area (Å²) in [5.74, 6) is -0.707. The molecule has 1 rings (SSSR count). The third-order valence-electron chi connectivity index (χ3n) is 3.30. The van der Waals surface area contributed by atoms with Gasteiger partial charge in [-0.25, -0.2) is 0 Å². The standard InChI is InChI=1S/C13H24O4/c1-16-11-6-5-7-12(10-11)17-9-4-2-3-8-13(14)15/h11-12H,2-10H2,1H3,(H,14,15). The topological polar surface area (TPSA) is 55.8 Å². The van der Waals surface area contributed by atoms with Crippen molar-refractivity contribution in [3.05, 3.63) is 0 Å². The van der Waals surface area contributed by atoms with Crippen molar-refractivity contribution < 1.29 is 19.4 Å². The minimum Gasteiger partial charge on any atom is -0.481 e. The number of ether oxygens (including phenoxy) is 2. The second-order valence-electron chi connectivity index (χ2n) is 4.72. The molecule has 100 valence electrons. The summed E-state index contributed by atoms with van der Waals surface area (Å²) in [7, 11) is 1.76. The van der Waals surface area contributed by atoms with Crippen molar-refractivity contribution in [1.29, 1.82) is 0 Å². The molecule has 1 N–H and O–H groups in total.